The molecule has 0 aliphatic heterocycles. The second kappa shape index (κ2) is 9.41. The Hall–Kier alpha value is -1.53. The van der Waals surface area contributed by atoms with E-state index in [4.69, 9.17) is 9.84 Å². The molecule has 116 valence electrons. The predicted octanol–water partition coefficient (Wildman–Crippen LogP) is 1.91. The molecule has 1 aromatic carbocycles. The number of carboxylic acids is 1. The van der Waals surface area contributed by atoms with Gasteiger partial charge >= 0.3 is 11.9 Å². The molecule has 0 radical (unpaired) electrons. The normalized spacial score (nSPS) is 13.4. The van der Waals surface area contributed by atoms with Crippen LogP contribution in [0, 0.1) is 0 Å². The number of carbonyl (C=O) groups is 2. The van der Waals surface area contributed by atoms with Crippen LogP contribution >= 0.6 is 11.8 Å². The molecule has 0 spiro atoms. The van der Waals surface area contributed by atoms with Crippen molar-refractivity contribution in [2.45, 2.75) is 31.7 Å². The van der Waals surface area contributed by atoms with E-state index in [9.17, 15) is 9.59 Å². The van der Waals surface area contributed by atoms with E-state index in [0.717, 1.165) is 11.3 Å². The number of hydrogen-bond acceptors (Lipinski definition) is 5. The fraction of sp³-hybridized carbons (Fsp3) is 0.467. The van der Waals surface area contributed by atoms with Crippen LogP contribution in [-0.2, 0) is 20.1 Å². The van der Waals surface area contributed by atoms with Gasteiger partial charge in [-0.1, -0.05) is 30.3 Å². The zero-order chi connectivity index (χ0) is 15.7. The Morgan fingerprint density at radius 3 is 2.57 bits per heavy atom. The van der Waals surface area contributed by atoms with Crippen LogP contribution in [0.4, 0.5) is 0 Å². The molecule has 0 fully saturated rings. The Morgan fingerprint density at radius 1 is 1.33 bits per heavy atom. The smallest absolute Gasteiger partial charge is 0.324 e. The van der Waals surface area contributed by atoms with Crippen molar-refractivity contribution in [1.82, 2.24) is 5.32 Å². The Labute approximate surface area is 129 Å². The standard InChI is InChI=1S/C15H21NO4S/c1-3-20-15(19)13(16-11(2)14(17)18)10-21-9-12-7-5-4-6-8-12/h4-8,11,13,16H,3,9-10H2,1-2H3,(H,17,18)/t11-,13?/m0/s1. The molecule has 6 heteroatoms. The summed E-state index contributed by atoms with van der Waals surface area (Å²) < 4.78 is 4.98. The maximum Gasteiger partial charge on any atom is 0.324 e. The number of carboxylic acid groups (broad SMARTS) is 1. The summed E-state index contributed by atoms with van der Waals surface area (Å²) in [4.78, 5) is 22.7. The van der Waals surface area contributed by atoms with Crippen LogP contribution in [0.2, 0.25) is 0 Å². The van der Waals surface area contributed by atoms with Gasteiger partial charge in [0.25, 0.3) is 0 Å². The molecular formula is C15H21NO4S. The number of carbonyl (C=O) groups excluding carboxylic acids is 1. The number of benzene rings is 1. The summed E-state index contributed by atoms with van der Waals surface area (Å²) in [7, 11) is 0. The number of hydrogen-bond donors (Lipinski definition) is 2. The second-order valence-electron chi connectivity index (χ2n) is 4.53. The SMILES string of the molecule is CCOC(=O)C(CSCc1ccccc1)N[C@@H](C)C(=O)O. The van der Waals surface area contributed by atoms with Gasteiger partial charge in [0.15, 0.2) is 0 Å². The summed E-state index contributed by atoms with van der Waals surface area (Å²) in [5, 5.41) is 11.7. The molecule has 21 heavy (non-hydrogen) atoms. The van der Waals surface area contributed by atoms with Crippen LogP contribution in [0.1, 0.15) is 19.4 Å². The molecule has 1 unspecified atom stereocenters. The minimum atomic E-state index is -0.989. The van der Waals surface area contributed by atoms with Gasteiger partial charge in [-0.25, -0.2) is 0 Å². The van der Waals surface area contributed by atoms with Crippen molar-refractivity contribution in [2.24, 2.45) is 0 Å². The third-order valence-corrected chi connectivity index (χ3v) is 3.90. The van der Waals surface area contributed by atoms with E-state index >= 15 is 0 Å². The van der Waals surface area contributed by atoms with E-state index in [0.29, 0.717) is 5.75 Å². The lowest BCUT2D eigenvalue weighted by molar-refractivity contribution is -0.146. The van der Waals surface area contributed by atoms with E-state index in [1.165, 1.54) is 6.92 Å². The van der Waals surface area contributed by atoms with Gasteiger partial charge in [0.05, 0.1) is 6.61 Å². The van der Waals surface area contributed by atoms with Crippen LogP contribution in [-0.4, -0.2) is 41.5 Å². The first-order valence-corrected chi connectivity index (χ1v) is 7.97. The zero-order valence-corrected chi connectivity index (χ0v) is 13.1. The number of ether oxygens (including phenoxy) is 1. The first kappa shape index (κ1) is 17.5. The molecule has 0 aliphatic rings. The first-order chi connectivity index (χ1) is 10.0. The van der Waals surface area contributed by atoms with Crippen molar-refractivity contribution in [3.63, 3.8) is 0 Å². The van der Waals surface area contributed by atoms with E-state index in [1.54, 1.807) is 18.7 Å². The monoisotopic (exact) mass is 311 g/mol. The van der Waals surface area contributed by atoms with E-state index in [1.807, 2.05) is 30.3 Å². The second-order valence-corrected chi connectivity index (χ2v) is 5.56. The number of esters is 1. The zero-order valence-electron chi connectivity index (χ0n) is 12.2. The third kappa shape index (κ3) is 6.64. The van der Waals surface area contributed by atoms with Crippen LogP contribution in [0.15, 0.2) is 30.3 Å². The summed E-state index contributed by atoms with van der Waals surface area (Å²) in [5.41, 5.74) is 1.16. The van der Waals surface area contributed by atoms with E-state index < -0.39 is 24.0 Å². The minimum absolute atomic E-state index is 0.280. The van der Waals surface area contributed by atoms with Crippen molar-refractivity contribution >= 4 is 23.7 Å². The highest BCUT2D eigenvalue weighted by Gasteiger charge is 2.24. The first-order valence-electron chi connectivity index (χ1n) is 6.81. The van der Waals surface area contributed by atoms with Gasteiger partial charge in [0, 0.05) is 11.5 Å². The number of thioether (sulfide) groups is 1. The average molecular weight is 311 g/mol. The summed E-state index contributed by atoms with van der Waals surface area (Å²) in [5.74, 6) is -0.172. The van der Waals surface area contributed by atoms with Crippen LogP contribution in [0.3, 0.4) is 0 Å². The van der Waals surface area contributed by atoms with Gasteiger partial charge in [0.1, 0.15) is 12.1 Å². The van der Waals surface area contributed by atoms with Crippen LogP contribution < -0.4 is 5.32 Å². The lowest BCUT2D eigenvalue weighted by Gasteiger charge is -2.19. The van der Waals surface area contributed by atoms with E-state index in [-0.39, 0.29) is 6.61 Å². The van der Waals surface area contributed by atoms with Crippen LogP contribution in [0.25, 0.3) is 0 Å². The van der Waals surface area contributed by atoms with Gasteiger partial charge in [-0.05, 0) is 19.4 Å². The Kier molecular flexibility index (Phi) is 7.85. The van der Waals surface area contributed by atoms with Crippen molar-refractivity contribution in [3.05, 3.63) is 35.9 Å². The molecular weight excluding hydrogens is 290 g/mol. The highest BCUT2D eigenvalue weighted by atomic mass is 32.2. The molecule has 2 atom stereocenters. The third-order valence-electron chi connectivity index (χ3n) is 2.79. The van der Waals surface area contributed by atoms with Gasteiger partial charge in [-0.15, -0.1) is 0 Å². The summed E-state index contributed by atoms with van der Waals surface area (Å²) >= 11 is 1.57. The lowest BCUT2D eigenvalue weighted by Crippen LogP contribution is -2.47. The average Bonchev–Trinajstić information content (AvgIpc) is 2.47. The van der Waals surface area contributed by atoms with Gasteiger partial charge in [-0.2, -0.15) is 11.8 Å². The molecule has 1 rings (SSSR count). The maximum atomic E-state index is 11.9. The molecule has 0 amide bonds. The molecule has 1 aromatic rings. The highest BCUT2D eigenvalue weighted by molar-refractivity contribution is 7.98. The van der Waals surface area contributed by atoms with Crippen molar-refractivity contribution in [2.75, 3.05) is 12.4 Å². The van der Waals surface area contributed by atoms with E-state index in [2.05, 4.69) is 5.32 Å². The highest BCUT2D eigenvalue weighted by Crippen LogP contribution is 2.13. The Morgan fingerprint density at radius 2 is 2.00 bits per heavy atom. The Bertz CT molecular complexity index is 452. The summed E-state index contributed by atoms with van der Waals surface area (Å²) in [6.07, 6.45) is 0. The minimum Gasteiger partial charge on any atom is -0.480 e. The molecule has 0 aromatic heterocycles. The van der Waals surface area contributed by atoms with Crippen molar-refractivity contribution in [3.8, 4) is 0 Å². The maximum absolute atomic E-state index is 11.9. The number of aliphatic carboxylic acids is 1. The number of rotatable bonds is 9. The molecule has 0 aliphatic carbocycles. The largest absolute Gasteiger partial charge is 0.480 e. The fourth-order valence-electron chi connectivity index (χ4n) is 1.67. The van der Waals surface area contributed by atoms with Crippen molar-refractivity contribution in [1.29, 1.82) is 0 Å². The summed E-state index contributed by atoms with van der Waals surface area (Å²) in [6, 6.07) is 8.49. The van der Waals surface area contributed by atoms with Crippen LogP contribution in [0.5, 0.6) is 0 Å². The van der Waals surface area contributed by atoms with Gasteiger partial charge < -0.3 is 9.84 Å². The molecule has 0 bridgehead atoms. The Balaban J connectivity index is 2.52. The quantitative estimate of drug-likeness (QED) is 0.679. The van der Waals surface area contributed by atoms with Gasteiger partial charge in [0.2, 0.25) is 0 Å². The van der Waals surface area contributed by atoms with Gasteiger partial charge in [-0.3, -0.25) is 14.9 Å². The molecule has 0 saturated carbocycles. The lowest BCUT2D eigenvalue weighted by atomic mass is 10.2. The predicted molar refractivity (Wildman–Crippen MR) is 83.3 cm³/mol. The molecule has 5 nitrogen and oxygen atoms in total. The summed E-state index contributed by atoms with van der Waals surface area (Å²) in [6.45, 7) is 3.52. The molecule has 0 heterocycles. The van der Waals surface area contributed by atoms with Crippen molar-refractivity contribution < 1.29 is 19.4 Å². The number of nitrogens with one attached hydrogen (secondary N) is 1. The fourth-order valence-corrected chi connectivity index (χ4v) is 2.68. The molecule has 0 saturated heterocycles. The topological polar surface area (TPSA) is 75.6 Å². The molecule has 2 N–H and O–H groups in total.